The van der Waals surface area contributed by atoms with Gasteiger partial charge in [-0.3, -0.25) is 9.78 Å². The number of rotatable bonds is 6. The van der Waals surface area contributed by atoms with Crippen LogP contribution in [0.2, 0.25) is 0 Å². The molecule has 3 nitrogen and oxygen atoms in total. The highest BCUT2D eigenvalue weighted by atomic mass is 35.5. The van der Waals surface area contributed by atoms with Crippen molar-refractivity contribution in [2.75, 3.05) is 6.54 Å². The molecule has 1 aliphatic rings. The lowest BCUT2D eigenvalue weighted by Gasteiger charge is -2.11. The third-order valence-electron chi connectivity index (χ3n) is 4.57. The van der Waals surface area contributed by atoms with Crippen LogP contribution in [0.5, 0.6) is 0 Å². The number of hydrogen-bond acceptors (Lipinski definition) is 2. The van der Waals surface area contributed by atoms with Crippen LogP contribution in [0.3, 0.4) is 0 Å². The van der Waals surface area contributed by atoms with Crippen molar-refractivity contribution in [3.63, 3.8) is 0 Å². The Hall–Kier alpha value is -1.06. The number of carbonyl (C=O) groups is 1. The summed E-state index contributed by atoms with van der Waals surface area (Å²) in [5.41, 5.74) is 0.976. The van der Waals surface area contributed by atoms with Crippen molar-refractivity contribution in [1.29, 1.82) is 0 Å². The SMILES string of the molecule is CC(CCNC(=O)C1C(C=C(Cl)Cl)C1(C)C)c1ccccn1. The summed E-state index contributed by atoms with van der Waals surface area (Å²) >= 11 is 11.4. The number of nitrogens with zero attached hydrogens (tertiary/aromatic N) is 1. The Morgan fingerprint density at radius 1 is 1.45 bits per heavy atom. The van der Waals surface area contributed by atoms with Gasteiger partial charge in [0, 0.05) is 24.4 Å². The summed E-state index contributed by atoms with van der Waals surface area (Å²) in [4.78, 5) is 16.6. The Bertz CT molecular complexity index is 553. The van der Waals surface area contributed by atoms with E-state index in [0.717, 1.165) is 12.1 Å². The second kappa shape index (κ2) is 7.01. The molecule has 2 rings (SSSR count). The van der Waals surface area contributed by atoms with E-state index in [1.807, 2.05) is 18.2 Å². The first-order valence-electron chi connectivity index (χ1n) is 7.55. The van der Waals surface area contributed by atoms with Gasteiger partial charge in [-0.25, -0.2) is 0 Å². The zero-order valence-electron chi connectivity index (χ0n) is 13.1. The number of aromatic nitrogens is 1. The van der Waals surface area contributed by atoms with Gasteiger partial charge >= 0.3 is 0 Å². The highest BCUT2D eigenvalue weighted by molar-refractivity contribution is 6.55. The third kappa shape index (κ3) is 4.02. The summed E-state index contributed by atoms with van der Waals surface area (Å²) in [7, 11) is 0. The van der Waals surface area contributed by atoms with Crippen molar-refractivity contribution in [3.8, 4) is 0 Å². The van der Waals surface area contributed by atoms with Crippen LogP contribution in [-0.2, 0) is 4.79 Å². The van der Waals surface area contributed by atoms with Crippen molar-refractivity contribution in [2.24, 2.45) is 17.3 Å². The molecule has 22 heavy (non-hydrogen) atoms. The molecule has 5 heteroatoms. The molecule has 1 aliphatic carbocycles. The average Bonchev–Trinajstić information content (AvgIpc) is 2.99. The van der Waals surface area contributed by atoms with Gasteiger partial charge in [-0.2, -0.15) is 0 Å². The van der Waals surface area contributed by atoms with Gasteiger partial charge in [-0.05, 0) is 36.0 Å². The van der Waals surface area contributed by atoms with E-state index in [1.165, 1.54) is 0 Å². The number of halogens is 2. The summed E-state index contributed by atoms with van der Waals surface area (Å²) in [5.74, 6) is 0.464. The van der Waals surface area contributed by atoms with Crippen LogP contribution >= 0.6 is 23.2 Å². The van der Waals surface area contributed by atoms with E-state index in [2.05, 4.69) is 31.1 Å². The fourth-order valence-corrected chi connectivity index (χ4v) is 3.23. The van der Waals surface area contributed by atoms with E-state index >= 15 is 0 Å². The largest absolute Gasteiger partial charge is 0.356 e. The highest BCUT2D eigenvalue weighted by Crippen LogP contribution is 2.59. The molecule has 1 aromatic heterocycles. The van der Waals surface area contributed by atoms with Crippen LogP contribution in [0.15, 0.2) is 35.0 Å². The number of pyridine rings is 1. The van der Waals surface area contributed by atoms with E-state index in [4.69, 9.17) is 23.2 Å². The number of amides is 1. The number of carbonyl (C=O) groups excluding carboxylic acids is 1. The fraction of sp³-hybridized carbons (Fsp3) is 0.529. The van der Waals surface area contributed by atoms with Crippen LogP contribution < -0.4 is 5.32 Å². The van der Waals surface area contributed by atoms with E-state index in [-0.39, 0.29) is 27.6 Å². The Kier molecular flexibility index (Phi) is 5.51. The van der Waals surface area contributed by atoms with Crippen molar-refractivity contribution in [3.05, 3.63) is 40.7 Å². The van der Waals surface area contributed by atoms with Gasteiger partial charge in [0.1, 0.15) is 4.49 Å². The molecule has 1 fully saturated rings. The van der Waals surface area contributed by atoms with Gasteiger partial charge in [0.05, 0.1) is 5.92 Å². The van der Waals surface area contributed by atoms with Crippen LogP contribution in [0.25, 0.3) is 0 Å². The maximum atomic E-state index is 12.3. The smallest absolute Gasteiger partial charge is 0.224 e. The monoisotopic (exact) mass is 340 g/mol. The summed E-state index contributed by atoms with van der Waals surface area (Å²) in [5, 5.41) is 3.02. The maximum absolute atomic E-state index is 12.3. The van der Waals surface area contributed by atoms with E-state index in [0.29, 0.717) is 12.5 Å². The zero-order valence-corrected chi connectivity index (χ0v) is 14.7. The standard InChI is InChI=1S/C17H22Cl2N2O/c1-11(13-6-4-5-8-20-13)7-9-21-16(22)15-12(10-14(18)19)17(15,2)3/h4-6,8,10-12,15H,7,9H2,1-3H3,(H,21,22). The predicted octanol–water partition coefficient (Wildman–Crippen LogP) is 4.28. The average molecular weight is 341 g/mol. The summed E-state index contributed by atoms with van der Waals surface area (Å²) in [6, 6.07) is 5.90. The molecule has 0 spiro atoms. The number of allylic oxidation sites excluding steroid dienone is 1. The normalized spacial score (nSPS) is 23.5. The Labute approximate surface area is 142 Å². The van der Waals surface area contributed by atoms with E-state index in [9.17, 15) is 4.79 Å². The molecule has 1 saturated carbocycles. The fourth-order valence-electron chi connectivity index (χ4n) is 2.96. The highest BCUT2D eigenvalue weighted by Gasteiger charge is 2.60. The second-order valence-electron chi connectivity index (χ2n) is 6.52. The van der Waals surface area contributed by atoms with E-state index in [1.54, 1.807) is 12.3 Å². The first kappa shape index (κ1) is 17.3. The lowest BCUT2D eigenvalue weighted by molar-refractivity contribution is -0.123. The summed E-state index contributed by atoms with van der Waals surface area (Å²) in [6.07, 6.45) is 4.43. The summed E-state index contributed by atoms with van der Waals surface area (Å²) < 4.78 is 0.233. The molecule has 0 saturated heterocycles. The lowest BCUT2D eigenvalue weighted by atomic mass is 10.0. The van der Waals surface area contributed by atoms with Crippen molar-refractivity contribution in [2.45, 2.75) is 33.1 Å². The van der Waals surface area contributed by atoms with Crippen LogP contribution in [0.1, 0.15) is 38.8 Å². The number of hydrogen-bond donors (Lipinski definition) is 1. The minimum atomic E-state index is -0.0777. The van der Waals surface area contributed by atoms with Gasteiger partial charge in [0.15, 0.2) is 0 Å². The van der Waals surface area contributed by atoms with Crippen LogP contribution in [0, 0.1) is 17.3 Å². The molecule has 0 bridgehead atoms. The van der Waals surface area contributed by atoms with Gasteiger partial charge < -0.3 is 5.32 Å². The van der Waals surface area contributed by atoms with Crippen LogP contribution in [-0.4, -0.2) is 17.4 Å². The number of nitrogens with one attached hydrogen (secondary N) is 1. The molecule has 3 atom stereocenters. The van der Waals surface area contributed by atoms with Crippen molar-refractivity contribution in [1.82, 2.24) is 10.3 Å². The lowest BCUT2D eigenvalue weighted by Crippen LogP contribution is -2.28. The molecule has 120 valence electrons. The topological polar surface area (TPSA) is 42.0 Å². The Balaban J connectivity index is 1.81. The molecule has 0 radical (unpaired) electrons. The predicted molar refractivity (Wildman–Crippen MR) is 90.8 cm³/mol. The van der Waals surface area contributed by atoms with E-state index < -0.39 is 0 Å². The Morgan fingerprint density at radius 3 is 2.77 bits per heavy atom. The van der Waals surface area contributed by atoms with Gasteiger partial charge in [0.25, 0.3) is 0 Å². The maximum Gasteiger partial charge on any atom is 0.224 e. The third-order valence-corrected chi connectivity index (χ3v) is 4.82. The molecule has 3 unspecified atom stereocenters. The first-order valence-corrected chi connectivity index (χ1v) is 8.31. The van der Waals surface area contributed by atoms with Gasteiger partial charge in [-0.15, -0.1) is 0 Å². The van der Waals surface area contributed by atoms with Gasteiger partial charge in [-0.1, -0.05) is 50.0 Å². The second-order valence-corrected chi connectivity index (χ2v) is 7.52. The molecular formula is C17H22Cl2N2O. The van der Waals surface area contributed by atoms with Crippen molar-refractivity contribution >= 4 is 29.1 Å². The molecule has 0 aliphatic heterocycles. The molecular weight excluding hydrogens is 319 g/mol. The summed E-state index contributed by atoms with van der Waals surface area (Å²) in [6.45, 7) is 6.89. The minimum Gasteiger partial charge on any atom is -0.356 e. The van der Waals surface area contributed by atoms with Gasteiger partial charge in [0.2, 0.25) is 5.91 Å². The minimum absolute atomic E-state index is 0.0508. The zero-order chi connectivity index (χ0) is 16.3. The molecule has 0 aromatic carbocycles. The molecule has 1 amide bonds. The molecule has 1 N–H and O–H groups in total. The molecule has 1 heterocycles. The first-order chi connectivity index (χ1) is 10.3. The Morgan fingerprint density at radius 2 is 2.18 bits per heavy atom. The van der Waals surface area contributed by atoms with Crippen LogP contribution in [0.4, 0.5) is 0 Å². The quantitative estimate of drug-likeness (QED) is 0.839. The van der Waals surface area contributed by atoms with Crippen molar-refractivity contribution < 1.29 is 4.79 Å². The molecule has 1 aromatic rings.